The molecule has 0 aliphatic carbocycles. The highest BCUT2D eigenvalue weighted by atomic mass is 19.2. The summed E-state index contributed by atoms with van der Waals surface area (Å²) in [6, 6.07) is 2.57. The van der Waals surface area contributed by atoms with Crippen molar-refractivity contribution < 1.29 is 41.0 Å². The third-order valence-electron chi connectivity index (χ3n) is 3.46. The molecule has 0 saturated carbocycles. The lowest BCUT2D eigenvalue weighted by Crippen LogP contribution is -2.10. The fraction of sp³-hybridized carbons (Fsp3) is 0.235. The Morgan fingerprint density at radius 2 is 1.46 bits per heavy atom. The monoisotopic (exact) mass is 376 g/mol. The predicted octanol–water partition coefficient (Wildman–Crippen LogP) is 4.51. The Morgan fingerprint density at radius 1 is 0.923 bits per heavy atom. The number of carbonyl (C=O) groups is 1. The van der Waals surface area contributed by atoms with E-state index in [-0.39, 0.29) is 34.7 Å². The van der Waals surface area contributed by atoms with Gasteiger partial charge < -0.3 is 14.2 Å². The van der Waals surface area contributed by atoms with Gasteiger partial charge in [-0.2, -0.15) is 4.39 Å². The van der Waals surface area contributed by atoms with Crippen LogP contribution in [0.15, 0.2) is 18.2 Å². The molecule has 0 N–H and O–H groups in total. The van der Waals surface area contributed by atoms with Crippen molar-refractivity contribution in [2.75, 3.05) is 14.2 Å². The number of halogens is 5. The summed E-state index contributed by atoms with van der Waals surface area (Å²) >= 11 is 0. The number of ketones is 1. The topological polar surface area (TPSA) is 44.8 Å². The number of rotatable bonds is 6. The lowest BCUT2D eigenvalue weighted by Gasteiger charge is -2.18. The Balaban J connectivity index is 2.50. The first kappa shape index (κ1) is 19.5. The maximum Gasteiger partial charge on any atom is 0.267 e. The quantitative estimate of drug-likeness (QED) is 0.322. The van der Waals surface area contributed by atoms with Gasteiger partial charge in [-0.3, -0.25) is 4.79 Å². The maximum atomic E-state index is 14.4. The van der Waals surface area contributed by atoms with Gasteiger partial charge in [0.05, 0.1) is 19.8 Å². The summed E-state index contributed by atoms with van der Waals surface area (Å²) in [5.74, 6) is -8.96. The molecule has 26 heavy (non-hydrogen) atoms. The molecule has 0 amide bonds. The second-order valence-electron chi connectivity index (χ2n) is 5.09. The van der Waals surface area contributed by atoms with Gasteiger partial charge in [-0.05, 0) is 25.1 Å². The van der Waals surface area contributed by atoms with Crippen LogP contribution in [-0.2, 0) is 0 Å². The number of methoxy groups -OCH3 is 2. The minimum atomic E-state index is -2.72. The molecule has 9 heteroatoms. The first-order chi connectivity index (χ1) is 12.2. The third-order valence-corrected chi connectivity index (χ3v) is 3.46. The molecule has 0 radical (unpaired) electrons. The van der Waals surface area contributed by atoms with Crippen LogP contribution in [0.25, 0.3) is 0 Å². The van der Waals surface area contributed by atoms with Crippen LogP contribution in [0.5, 0.6) is 17.2 Å². The second kappa shape index (κ2) is 7.59. The van der Waals surface area contributed by atoms with Crippen molar-refractivity contribution in [1.82, 2.24) is 0 Å². The fourth-order valence-corrected chi connectivity index (χ4v) is 2.12. The second-order valence-corrected chi connectivity index (χ2v) is 5.09. The molecule has 2 rings (SSSR count). The molecule has 4 nitrogen and oxygen atoms in total. The number of carbonyl (C=O) groups excluding carboxylic acids is 1. The molecule has 0 aliphatic heterocycles. The first-order valence-electron chi connectivity index (χ1n) is 7.11. The standard InChI is InChI=1S/C17H13F5O4/c1-7(23)8-4-11(24-2)16(12(5-8)25-3)26-17(22)9-6-10(18)14(20)15(21)13(9)19/h4-6,17H,1-3H3. The summed E-state index contributed by atoms with van der Waals surface area (Å²) in [5.41, 5.74) is -1.03. The molecule has 0 heterocycles. The highest BCUT2D eigenvalue weighted by Crippen LogP contribution is 2.42. The van der Waals surface area contributed by atoms with E-state index in [1.807, 2.05) is 0 Å². The van der Waals surface area contributed by atoms with Crippen LogP contribution in [0.1, 0.15) is 29.2 Å². The summed E-state index contributed by atoms with van der Waals surface area (Å²) in [5, 5.41) is 0. The van der Waals surface area contributed by atoms with Crippen molar-refractivity contribution >= 4 is 5.78 Å². The lowest BCUT2D eigenvalue weighted by atomic mass is 10.1. The van der Waals surface area contributed by atoms with E-state index in [1.165, 1.54) is 33.3 Å². The molecule has 0 spiro atoms. The maximum absolute atomic E-state index is 14.4. The van der Waals surface area contributed by atoms with Gasteiger partial charge in [0.15, 0.2) is 40.6 Å². The summed E-state index contributed by atoms with van der Waals surface area (Å²) in [6.07, 6.45) is -2.72. The van der Waals surface area contributed by atoms with Gasteiger partial charge in [-0.25, -0.2) is 17.6 Å². The zero-order chi connectivity index (χ0) is 19.6. The molecule has 2 aromatic rings. The Morgan fingerprint density at radius 3 is 1.92 bits per heavy atom. The van der Waals surface area contributed by atoms with E-state index in [0.29, 0.717) is 0 Å². The smallest absolute Gasteiger partial charge is 0.267 e. The molecule has 1 unspecified atom stereocenters. The van der Waals surface area contributed by atoms with Crippen LogP contribution in [0.3, 0.4) is 0 Å². The molecule has 140 valence electrons. The van der Waals surface area contributed by atoms with E-state index < -0.39 is 35.2 Å². The van der Waals surface area contributed by atoms with E-state index >= 15 is 0 Å². The Kier molecular flexibility index (Phi) is 5.69. The lowest BCUT2D eigenvalue weighted by molar-refractivity contribution is 0.0562. The van der Waals surface area contributed by atoms with Crippen LogP contribution in [0, 0.1) is 23.3 Å². The van der Waals surface area contributed by atoms with E-state index in [1.54, 1.807) is 0 Å². The predicted molar refractivity (Wildman–Crippen MR) is 80.3 cm³/mol. The number of benzene rings is 2. The van der Waals surface area contributed by atoms with E-state index in [0.717, 1.165) is 0 Å². The molecule has 0 aromatic heterocycles. The van der Waals surface area contributed by atoms with E-state index in [4.69, 9.17) is 14.2 Å². The molecule has 0 bridgehead atoms. The van der Waals surface area contributed by atoms with Crippen LogP contribution >= 0.6 is 0 Å². The molecule has 0 fully saturated rings. The van der Waals surface area contributed by atoms with Crippen LogP contribution in [0.2, 0.25) is 0 Å². The van der Waals surface area contributed by atoms with Crippen molar-refractivity contribution in [2.24, 2.45) is 0 Å². The summed E-state index contributed by atoms with van der Waals surface area (Å²) in [4.78, 5) is 11.5. The SMILES string of the molecule is COc1cc(C(C)=O)cc(OC)c1OC(F)c1cc(F)c(F)c(F)c1F. The highest BCUT2D eigenvalue weighted by molar-refractivity contribution is 5.95. The summed E-state index contributed by atoms with van der Waals surface area (Å²) in [7, 11) is 2.38. The molecular formula is C17H13F5O4. The largest absolute Gasteiger partial charge is 0.493 e. The van der Waals surface area contributed by atoms with Crippen molar-refractivity contribution in [3.63, 3.8) is 0 Å². The van der Waals surface area contributed by atoms with Crippen molar-refractivity contribution in [3.8, 4) is 17.2 Å². The van der Waals surface area contributed by atoms with Crippen LogP contribution < -0.4 is 14.2 Å². The minimum Gasteiger partial charge on any atom is -0.493 e. The number of hydrogen-bond acceptors (Lipinski definition) is 4. The Bertz CT molecular complexity index is 829. The number of Topliss-reactive ketones (excluding diaryl/α,β-unsaturated/α-hetero) is 1. The van der Waals surface area contributed by atoms with Gasteiger partial charge in [0.2, 0.25) is 5.75 Å². The molecule has 2 aromatic carbocycles. The van der Waals surface area contributed by atoms with Crippen molar-refractivity contribution in [2.45, 2.75) is 13.3 Å². The van der Waals surface area contributed by atoms with E-state index in [9.17, 15) is 26.7 Å². The minimum absolute atomic E-state index is 0.138. The van der Waals surface area contributed by atoms with E-state index in [2.05, 4.69) is 0 Å². The Labute approximate surface area is 145 Å². The van der Waals surface area contributed by atoms with Gasteiger partial charge in [0.1, 0.15) is 0 Å². The molecular weight excluding hydrogens is 363 g/mol. The van der Waals surface area contributed by atoms with Gasteiger partial charge in [-0.1, -0.05) is 0 Å². The van der Waals surface area contributed by atoms with Crippen LogP contribution in [-0.4, -0.2) is 20.0 Å². The first-order valence-corrected chi connectivity index (χ1v) is 7.11. The number of alkyl halides is 1. The van der Waals surface area contributed by atoms with Crippen LogP contribution in [0.4, 0.5) is 22.0 Å². The zero-order valence-electron chi connectivity index (χ0n) is 13.8. The summed E-state index contributed by atoms with van der Waals surface area (Å²) < 4.78 is 82.5. The van der Waals surface area contributed by atoms with Gasteiger partial charge in [0.25, 0.3) is 6.36 Å². The van der Waals surface area contributed by atoms with Gasteiger partial charge >= 0.3 is 0 Å². The van der Waals surface area contributed by atoms with Crippen molar-refractivity contribution in [3.05, 3.63) is 52.6 Å². The summed E-state index contributed by atoms with van der Waals surface area (Å²) in [6.45, 7) is 1.27. The Hall–Kier alpha value is -2.84. The average molecular weight is 376 g/mol. The molecule has 1 atom stereocenters. The number of ether oxygens (including phenoxy) is 3. The zero-order valence-corrected chi connectivity index (χ0v) is 13.8. The van der Waals surface area contributed by atoms with Gasteiger partial charge in [-0.15, -0.1) is 0 Å². The number of hydrogen-bond donors (Lipinski definition) is 0. The normalized spacial score (nSPS) is 11.8. The molecule has 0 saturated heterocycles. The average Bonchev–Trinajstić information content (AvgIpc) is 2.62. The van der Waals surface area contributed by atoms with Crippen molar-refractivity contribution in [1.29, 1.82) is 0 Å². The van der Waals surface area contributed by atoms with Gasteiger partial charge in [0, 0.05) is 5.56 Å². The highest BCUT2D eigenvalue weighted by Gasteiger charge is 2.27. The fourth-order valence-electron chi connectivity index (χ4n) is 2.12. The molecule has 0 aliphatic rings. The third kappa shape index (κ3) is 3.56.